The van der Waals surface area contributed by atoms with Gasteiger partial charge in [0.2, 0.25) is 5.91 Å². The predicted octanol–water partition coefficient (Wildman–Crippen LogP) is 5.10. The van der Waals surface area contributed by atoms with Crippen LogP contribution >= 0.6 is 11.6 Å². The van der Waals surface area contributed by atoms with Gasteiger partial charge >= 0.3 is 0 Å². The molecule has 4 rings (SSSR count). The summed E-state index contributed by atoms with van der Waals surface area (Å²) in [4.78, 5) is 26.4. The fourth-order valence-corrected chi connectivity index (χ4v) is 4.13. The molecule has 0 spiro atoms. The topological polar surface area (TPSA) is 69.6 Å². The average molecular weight is 477 g/mol. The molecule has 0 aliphatic carbocycles. The van der Waals surface area contributed by atoms with Gasteiger partial charge in [-0.1, -0.05) is 48.0 Å². The molecule has 7 heteroatoms. The van der Waals surface area contributed by atoms with Crippen LogP contribution in [-0.2, 0) is 24.2 Å². The Morgan fingerprint density at radius 1 is 0.912 bits per heavy atom. The number of halogens is 1. The van der Waals surface area contributed by atoms with Gasteiger partial charge in [-0.15, -0.1) is 0 Å². The lowest BCUT2D eigenvalue weighted by atomic mass is 10.0. The highest BCUT2D eigenvalue weighted by molar-refractivity contribution is 6.30. The third-order valence-electron chi connectivity index (χ3n) is 5.61. The van der Waals surface area contributed by atoms with E-state index >= 15 is 0 Å². The van der Waals surface area contributed by atoms with Gasteiger partial charge in [0, 0.05) is 27.7 Å². The molecule has 0 atom stereocenters. The summed E-state index contributed by atoms with van der Waals surface area (Å²) in [5.41, 5.74) is 2.71. The van der Waals surface area contributed by atoms with Gasteiger partial charge in [-0.25, -0.2) is 0 Å². The van der Waals surface area contributed by atoms with E-state index in [0.29, 0.717) is 46.1 Å². The molecule has 6 nitrogen and oxygen atoms in total. The van der Waals surface area contributed by atoms with Crippen LogP contribution in [0, 0.1) is 0 Å². The lowest BCUT2D eigenvalue weighted by molar-refractivity contribution is -0.116. The van der Waals surface area contributed by atoms with Crippen molar-refractivity contribution >= 4 is 34.1 Å². The molecule has 0 radical (unpaired) electrons. The third-order valence-corrected chi connectivity index (χ3v) is 5.84. The number of carbonyl (C=O) groups is 1. The Labute approximate surface area is 202 Å². The number of fused-ring (bicyclic) bond motifs is 1. The minimum Gasteiger partial charge on any atom is -0.493 e. The Morgan fingerprint density at radius 3 is 2.35 bits per heavy atom. The Kier molecular flexibility index (Phi) is 7.18. The highest BCUT2D eigenvalue weighted by atomic mass is 35.5. The first-order valence-electron chi connectivity index (χ1n) is 10.9. The monoisotopic (exact) mass is 476 g/mol. The van der Waals surface area contributed by atoms with Gasteiger partial charge in [0.1, 0.15) is 6.54 Å². The lowest BCUT2D eigenvalue weighted by Crippen LogP contribution is -2.30. The number of carbonyl (C=O) groups excluding carboxylic acids is 1. The number of nitrogens with one attached hydrogen (secondary N) is 1. The van der Waals surface area contributed by atoms with Crippen LogP contribution in [0.1, 0.15) is 11.1 Å². The van der Waals surface area contributed by atoms with Crippen LogP contribution in [0.4, 0.5) is 5.69 Å². The number of methoxy groups -OCH3 is 2. The van der Waals surface area contributed by atoms with E-state index in [1.54, 1.807) is 37.4 Å². The summed E-state index contributed by atoms with van der Waals surface area (Å²) in [7, 11) is 3.10. The number of ether oxygens (including phenoxy) is 2. The third kappa shape index (κ3) is 5.24. The molecule has 0 bridgehead atoms. The molecule has 174 valence electrons. The summed E-state index contributed by atoms with van der Waals surface area (Å²) >= 11 is 6.03. The van der Waals surface area contributed by atoms with Crippen LogP contribution in [-0.4, -0.2) is 24.7 Å². The molecule has 4 aromatic rings. The van der Waals surface area contributed by atoms with E-state index in [1.165, 1.54) is 11.7 Å². The van der Waals surface area contributed by atoms with Gasteiger partial charge in [-0.05, 0) is 48.7 Å². The van der Waals surface area contributed by atoms with Crippen molar-refractivity contribution in [1.82, 2.24) is 4.57 Å². The van der Waals surface area contributed by atoms with E-state index in [0.717, 1.165) is 10.9 Å². The summed E-state index contributed by atoms with van der Waals surface area (Å²) in [6.45, 7) is -0.156. The van der Waals surface area contributed by atoms with Gasteiger partial charge in [0.25, 0.3) is 5.56 Å². The zero-order chi connectivity index (χ0) is 24.1. The summed E-state index contributed by atoms with van der Waals surface area (Å²) in [5, 5.41) is 4.11. The fourth-order valence-electron chi connectivity index (χ4n) is 3.94. The van der Waals surface area contributed by atoms with Crippen molar-refractivity contribution in [1.29, 1.82) is 0 Å². The average Bonchev–Trinajstić information content (AvgIpc) is 2.84. The highest BCUT2D eigenvalue weighted by Crippen LogP contribution is 2.32. The van der Waals surface area contributed by atoms with Crippen molar-refractivity contribution < 1.29 is 14.3 Å². The lowest BCUT2D eigenvalue weighted by Gasteiger charge is -2.16. The molecule has 1 aromatic heterocycles. The Morgan fingerprint density at radius 2 is 1.65 bits per heavy atom. The normalized spacial score (nSPS) is 10.8. The van der Waals surface area contributed by atoms with Crippen LogP contribution in [0.3, 0.4) is 0 Å². The zero-order valence-corrected chi connectivity index (χ0v) is 19.8. The standard InChI is InChI=1S/C27H25ClN2O4/c1-33-24-14-20-13-19(12-11-18-7-4-3-5-8-18)27(32)30(23(20)16-25(24)34-2)17-26(31)29-22-10-6-9-21(28)15-22/h3-10,13-16H,11-12,17H2,1-2H3,(H,29,31). The Bertz CT molecular complexity index is 1380. The van der Waals surface area contributed by atoms with Gasteiger partial charge in [0.05, 0.1) is 19.7 Å². The van der Waals surface area contributed by atoms with Crippen molar-refractivity contribution in [3.05, 3.63) is 99.3 Å². The molecule has 0 saturated heterocycles. The van der Waals surface area contributed by atoms with E-state index < -0.39 is 0 Å². The van der Waals surface area contributed by atoms with E-state index in [1.807, 2.05) is 42.5 Å². The van der Waals surface area contributed by atoms with Crippen LogP contribution in [0.25, 0.3) is 10.9 Å². The Balaban J connectivity index is 1.74. The van der Waals surface area contributed by atoms with Crippen LogP contribution in [0.2, 0.25) is 5.02 Å². The molecule has 0 unspecified atom stereocenters. The molecule has 0 saturated carbocycles. The van der Waals surface area contributed by atoms with Crippen molar-refractivity contribution in [3.8, 4) is 11.5 Å². The van der Waals surface area contributed by atoms with E-state index in [9.17, 15) is 9.59 Å². The van der Waals surface area contributed by atoms with Crippen LogP contribution in [0.15, 0.2) is 77.6 Å². The number of anilines is 1. The second-order valence-corrected chi connectivity index (χ2v) is 8.31. The smallest absolute Gasteiger partial charge is 0.254 e. The zero-order valence-electron chi connectivity index (χ0n) is 19.0. The summed E-state index contributed by atoms with van der Waals surface area (Å²) in [6, 6.07) is 22.3. The SMILES string of the molecule is COc1cc2cc(CCc3ccccc3)c(=O)n(CC(=O)Nc3cccc(Cl)c3)c2cc1OC. The maximum absolute atomic E-state index is 13.5. The second kappa shape index (κ2) is 10.4. The second-order valence-electron chi connectivity index (χ2n) is 7.87. The number of nitrogens with zero attached hydrogens (tertiary/aromatic N) is 1. The van der Waals surface area contributed by atoms with Crippen molar-refractivity contribution in [2.75, 3.05) is 19.5 Å². The number of amides is 1. The quantitative estimate of drug-likeness (QED) is 0.384. The molecule has 1 heterocycles. The molecule has 0 aliphatic rings. The molecule has 1 amide bonds. The largest absolute Gasteiger partial charge is 0.493 e. The summed E-state index contributed by atoms with van der Waals surface area (Å²) in [6.07, 6.45) is 1.26. The minimum absolute atomic E-state index is 0.156. The Hall–Kier alpha value is -3.77. The molecule has 0 aliphatic heterocycles. The van der Waals surface area contributed by atoms with E-state index in [2.05, 4.69) is 5.32 Å². The maximum atomic E-state index is 13.5. The summed E-state index contributed by atoms with van der Waals surface area (Å²) < 4.78 is 12.4. The first-order chi connectivity index (χ1) is 16.5. The van der Waals surface area contributed by atoms with E-state index in [-0.39, 0.29) is 18.0 Å². The number of hydrogen-bond donors (Lipinski definition) is 1. The molecule has 3 aromatic carbocycles. The van der Waals surface area contributed by atoms with E-state index in [4.69, 9.17) is 21.1 Å². The molecule has 34 heavy (non-hydrogen) atoms. The molecule has 1 N–H and O–H groups in total. The maximum Gasteiger partial charge on any atom is 0.254 e. The van der Waals surface area contributed by atoms with Gasteiger partial charge in [-0.3, -0.25) is 14.2 Å². The van der Waals surface area contributed by atoms with Crippen molar-refractivity contribution in [2.24, 2.45) is 0 Å². The first kappa shape index (κ1) is 23.4. The first-order valence-corrected chi connectivity index (χ1v) is 11.2. The van der Waals surface area contributed by atoms with Crippen LogP contribution < -0.4 is 20.3 Å². The fraction of sp³-hybridized carbons (Fsp3) is 0.185. The predicted molar refractivity (Wildman–Crippen MR) is 135 cm³/mol. The van der Waals surface area contributed by atoms with Gasteiger partial charge in [0.15, 0.2) is 11.5 Å². The number of aromatic nitrogens is 1. The van der Waals surface area contributed by atoms with Crippen molar-refractivity contribution in [2.45, 2.75) is 19.4 Å². The number of rotatable bonds is 8. The number of aryl methyl sites for hydroxylation is 2. The van der Waals surface area contributed by atoms with Gasteiger partial charge in [-0.2, -0.15) is 0 Å². The van der Waals surface area contributed by atoms with Crippen molar-refractivity contribution in [3.63, 3.8) is 0 Å². The van der Waals surface area contributed by atoms with Crippen LogP contribution in [0.5, 0.6) is 11.5 Å². The number of benzene rings is 3. The van der Waals surface area contributed by atoms with Gasteiger partial charge < -0.3 is 14.8 Å². The number of hydrogen-bond acceptors (Lipinski definition) is 4. The number of pyridine rings is 1. The highest BCUT2D eigenvalue weighted by Gasteiger charge is 2.16. The minimum atomic E-state index is -0.333. The molecular formula is C27H25ClN2O4. The molecular weight excluding hydrogens is 452 g/mol. The molecule has 0 fully saturated rings. The summed E-state index contributed by atoms with van der Waals surface area (Å²) in [5.74, 6) is 0.702.